The third kappa shape index (κ3) is 2.75. The summed E-state index contributed by atoms with van der Waals surface area (Å²) in [5, 5.41) is 16.1. The molecule has 128 valence electrons. The molecule has 3 amide bonds. The summed E-state index contributed by atoms with van der Waals surface area (Å²) in [6.07, 6.45) is -0.835. The molecule has 1 aromatic rings. The number of aliphatic hydroxyl groups excluding tert-OH is 1. The summed E-state index contributed by atoms with van der Waals surface area (Å²) in [4.78, 5) is 37.5. The number of nitrogens with one attached hydrogen (secondary N) is 2. The molecule has 7 nitrogen and oxygen atoms in total. The zero-order valence-electron chi connectivity index (χ0n) is 13.9. The molecule has 2 aliphatic heterocycles. The molecule has 2 heterocycles. The molecule has 0 aromatic heterocycles. The van der Waals surface area contributed by atoms with Gasteiger partial charge in [-0.1, -0.05) is 12.1 Å². The largest absolute Gasteiger partial charge is 0.380 e. The summed E-state index contributed by atoms with van der Waals surface area (Å²) in [7, 11) is 0. The van der Waals surface area contributed by atoms with E-state index in [1.54, 1.807) is 18.2 Å². The van der Waals surface area contributed by atoms with Gasteiger partial charge in [-0.3, -0.25) is 24.6 Å². The van der Waals surface area contributed by atoms with Gasteiger partial charge in [-0.15, -0.1) is 0 Å². The summed E-state index contributed by atoms with van der Waals surface area (Å²) >= 11 is 0. The predicted octanol–water partition coefficient (Wildman–Crippen LogP) is 1.15. The highest BCUT2D eigenvalue weighted by molar-refractivity contribution is 6.08. The van der Waals surface area contributed by atoms with Gasteiger partial charge in [-0.25, -0.2) is 0 Å². The van der Waals surface area contributed by atoms with Crippen molar-refractivity contribution in [3.05, 3.63) is 29.3 Å². The van der Waals surface area contributed by atoms with Gasteiger partial charge in [0.2, 0.25) is 11.8 Å². The van der Waals surface area contributed by atoms with Crippen LogP contribution in [0.15, 0.2) is 18.2 Å². The monoisotopic (exact) mass is 331 g/mol. The lowest BCUT2D eigenvalue weighted by Crippen LogP contribution is -2.53. The summed E-state index contributed by atoms with van der Waals surface area (Å²) in [6, 6.07) is 4.37. The molecule has 0 aliphatic carbocycles. The van der Waals surface area contributed by atoms with Gasteiger partial charge in [-0.2, -0.15) is 0 Å². The van der Waals surface area contributed by atoms with Crippen LogP contribution in [0.3, 0.4) is 0 Å². The van der Waals surface area contributed by atoms with E-state index in [4.69, 9.17) is 0 Å². The number of aliphatic hydroxyl groups is 1. The Labute approximate surface area is 140 Å². The SMILES string of the molecule is CC(C)(C)Nc1cccc2c1C(=O)N(C1CCC(=O)NC1=O)C2O. The zero-order chi connectivity index (χ0) is 17.6. The number of carbonyl (C=O) groups is 3. The van der Waals surface area contributed by atoms with Crippen molar-refractivity contribution in [3.8, 4) is 0 Å². The topological polar surface area (TPSA) is 98.7 Å². The first-order chi connectivity index (χ1) is 11.2. The van der Waals surface area contributed by atoms with Crippen LogP contribution < -0.4 is 10.6 Å². The second-order valence-electron chi connectivity index (χ2n) is 7.20. The molecular weight excluding hydrogens is 310 g/mol. The van der Waals surface area contributed by atoms with Crippen LogP contribution in [-0.2, 0) is 9.59 Å². The molecule has 2 aliphatic rings. The molecule has 0 saturated carbocycles. The van der Waals surface area contributed by atoms with E-state index in [0.717, 1.165) is 0 Å². The second kappa shape index (κ2) is 5.59. The first kappa shape index (κ1) is 16.4. The standard InChI is InChI=1S/C17H21N3O4/c1-17(2,3)19-10-6-4-5-9-13(10)16(24)20(15(9)23)11-7-8-12(21)18-14(11)22/h4-6,11,15,19,23H,7-8H2,1-3H3,(H,18,21,22). The van der Waals surface area contributed by atoms with Crippen molar-refractivity contribution in [2.24, 2.45) is 0 Å². The van der Waals surface area contributed by atoms with Gasteiger partial charge in [-0.05, 0) is 33.3 Å². The molecule has 1 saturated heterocycles. The van der Waals surface area contributed by atoms with Crippen LogP contribution in [0.2, 0.25) is 0 Å². The molecule has 0 spiro atoms. The minimum absolute atomic E-state index is 0.149. The first-order valence-corrected chi connectivity index (χ1v) is 7.94. The molecule has 3 rings (SSSR count). The van der Waals surface area contributed by atoms with E-state index in [1.807, 2.05) is 20.8 Å². The molecule has 2 atom stereocenters. The van der Waals surface area contributed by atoms with Crippen molar-refractivity contribution < 1.29 is 19.5 Å². The second-order valence-corrected chi connectivity index (χ2v) is 7.20. The third-order valence-corrected chi connectivity index (χ3v) is 4.14. The third-order valence-electron chi connectivity index (χ3n) is 4.14. The number of nitrogens with zero attached hydrogens (tertiary/aromatic N) is 1. The number of piperidine rings is 1. The fourth-order valence-electron chi connectivity index (χ4n) is 3.18. The number of amides is 3. The van der Waals surface area contributed by atoms with Crippen molar-refractivity contribution >= 4 is 23.4 Å². The van der Waals surface area contributed by atoms with Crippen LogP contribution in [0.25, 0.3) is 0 Å². The maximum Gasteiger partial charge on any atom is 0.259 e. The summed E-state index contributed by atoms with van der Waals surface area (Å²) < 4.78 is 0. The van der Waals surface area contributed by atoms with Gasteiger partial charge < -0.3 is 10.4 Å². The maximum atomic E-state index is 12.9. The summed E-state index contributed by atoms with van der Waals surface area (Å²) in [5.74, 6) is -1.30. The van der Waals surface area contributed by atoms with E-state index < -0.39 is 24.1 Å². The molecule has 7 heteroatoms. The number of hydrogen-bond donors (Lipinski definition) is 3. The fourth-order valence-corrected chi connectivity index (χ4v) is 3.18. The molecule has 3 N–H and O–H groups in total. The van der Waals surface area contributed by atoms with E-state index in [0.29, 0.717) is 16.8 Å². The molecule has 0 radical (unpaired) electrons. The van der Waals surface area contributed by atoms with Gasteiger partial charge in [0.05, 0.1) is 5.56 Å². The Balaban J connectivity index is 1.97. The number of carbonyl (C=O) groups excluding carboxylic acids is 3. The average molecular weight is 331 g/mol. The van der Waals surface area contributed by atoms with Crippen molar-refractivity contribution in [1.29, 1.82) is 0 Å². The lowest BCUT2D eigenvalue weighted by molar-refractivity contribution is -0.139. The maximum absolute atomic E-state index is 12.9. The Morgan fingerprint density at radius 1 is 1.25 bits per heavy atom. The Bertz CT molecular complexity index is 723. The average Bonchev–Trinajstić information content (AvgIpc) is 2.71. The number of fused-ring (bicyclic) bond motifs is 1. The fraction of sp³-hybridized carbons (Fsp3) is 0.471. The predicted molar refractivity (Wildman–Crippen MR) is 87.1 cm³/mol. The Morgan fingerprint density at radius 3 is 2.58 bits per heavy atom. The van der Waals surface area contributed by atoms with Crippen molar-refractivity contribution in [2.75, 3.05) is 5.32 Å². The summed E-state index contributed by atoms with van der Waals surface area (Å²) in [5.41, 5.74) is 1.21. The molecule has 1 fully saturated rings. The van der Waals surface area contributed by atoms with Crippen LogP contribution >= 0.6 is 0 Å². The van der Waals surface area contributed by atoms with Crippen LogP contribution in [-0.4, -0.2) is 39.3 Å². The van der Waals surface area contributed by atoms with Crippen LogP contribution in [0.1, 0.15) is 55.8 Å². The van der Waals surface area contributed by atoms with Crippen LogP contribution in [0, 0.1) is 0 Å². The van der Waals surface area contributed by atoms with Gasteiger partial charge in [0, 0.05) is 23.2 Å². The van der Waals surface area contributed by atoms with Gasteiger partial charge >= 0.3 is 0 Å². The van der Waals surface area contributed by atoms with E-state index in [2.05, 4.69) is 10.6 Å². The number of benzene rings is 1. The first-order valence-electron chi connectivity index (χ1n) is 7.94. The number of rotatable bonds is 2. The highest BCUT2D eigenvalue weighted by Gasteiger charge is 2.45. The van der Waals surface area contributed by atoms with Gasteiger partial charge in [0.15, 0.2) is 6.23 Å². The summed E-state index contributed by atoms with van der Waals surface area (Å²) in [6.45, 7) is 5.92. The highest BCUT2D eigenvalue weighted by atomic mass is 16.3. The minimum Gasteiger partial charge on any atom is -0.380 e. The number of anilines is 1. The van der Waals surface area contributed by atoms with Crippen molar-refractivity contribution in [2.45, 2.75) is 51.4 Å². The smallest absolute Gasteiger partial charge is 0.259 e. The van der Waals surface area contributed by atoms with Crippen molar-refractivity contribution in [3.63, 3.8) is 0 Å². The molecule has 24 heavy (non-hydrogen) atoms. The zero-order valence-corrected chi connectivity index (χ0v) is 13.9. The van der Waals surface area contributed by atoms with E-state index >= 15 is 0 Å². The van der Waals surface area contributed by atoms with Gasteiger partial charge in [0.1, 0.15) is 6.04 Å². The number of hydrogen-bond acceptors (Lipinski definition) is 5. The van der Waals surface area contributed by atoms with E-state index in [1.165, 1.54) is 4.90 Å². The normalized spacial score (nSPS) is 24.0. The Kier molecular flexibility index (Phi) is 3.83. The van der Waals surface area contributed by atoms with Crippen LogP contribution in [0.4, 0.5) is 5.69 Å². The molecule has 2 unspecified atom stereocenters. The minimum atomic E-state index is -1.20. The van der Waals surface area contributed by atoms with E-state index in [-0.39, 0.29) is 24.3 Å². The van der Waals surface area contributed by atoms with Crippen molar-refractivity contribution in [1.82, 2.24) is 10.2 Å². The van der Waals surface area contributed by atoms with Crippen LogP contribution in [0.5, 0.6) is 0 Å². The van der Waals surface area contributed by atoms with E-state index in [9.17, 15) is 19.5 Å². The Hall–Kier alpha value is -2.41. The highest BCUT2D eigenvalue weighted by Crippen LogP contribution is 2.39. The lowest BCUT2D eigenvalue weighted by atomic mass is 10.0. The van der Waals surface area contributed by atoms with Gasteiger partial charge in [0.25, 0.3) is 5.91 Å². The quantitative estimate of drug-likeness (QED) is 0.706. The molecule has 0 bridgehead atoms. The molecule has 1 aromatic carbocycles. The molecular formula is C17H21N3O4. The number of imide groups is 1. The Morgan fingerprint density at radius 2 is 1.96 bits per heavy atom. The lowest BCUT2D eigenvalue weighted by Gasteiger charge is -2.32.